The molecule has 118 valence electrons. The molecule has 4 rings (SSSR count). The first-order valence-electron chi connectivity index (χ1n) is 8.25. The quantitative estimate of drug-likeness (QED) is 0.582. The van der Waals surface area contributed by atoms with Crippen molar-refractivity contribution >= 4 is 16.3 Å². The maximum Gasteiger partial charge on any atom is 0.116 e. The summed E-state index contributed by atoms with van der Waals surface area (Å²) in [5.74, 6) is 0. The fourth-order valence-corrected chi connectivity index (χ4v) is 3.91. The highest BCUT2D eigenvalue weighted by Gasteiger charge is 2.40. The Morgan fingerprint density at radius 2 is 1.88 bits per heavy atom. The average molecular weight is 312 g/mol. The first-order valence-corrected chi connectivity index (χ1v) is 8.25. The van der Waals surface area contributed by atoms with Gasteiger partial charge in [-0.2, -0.15) is 0 Å². The Bertz CT molecular complexity index is 1010. The molecule has 0 amide bonds. The Morgan fingerprint density at radius 1 is 1.08 bits per heavy atom. The van der Waals surface area contributed by atoms with E-state index in [4.69, 9.17) is 0 Å². The summed E-state index contributed by atoms with van der Waals surface area (Å²) < 4.78 is 0. The summed E-state index contributed by atoms with van der Waals surface area (Å²) >= 11 is 0. The van der Waals surface area contributed by atoms with E-state index >= 15 is 0 Å². The first-order chi connectivity index (χ1) is 11.6. The number of aromatic nitrogens is 2. The van der Waals surface area contributed by atoms with Crippen LogP contribution in [0.1, 0.15) is 37.7 Å². The third kappa shape index (κ3) is 1.89. The molecule has 0 atom stereocenters. The SMILES string of the molecule is C=C(/C=C\C)c1ncnc2c1-c1ccc3ccccc3c1C2(C)C. The highest BCUT2D eigenvalue weighted by Crippen LogP contribution is 2.51. The topological polar surface area (TPSA) is 25.8 Å². The molecule has 0 N–H and O–H groups in total. The van der Waals surface area contributed by atoms with Crippen LogP contribution in [0.25, 0.3) is 27.5 Å². The lowest BCUT2D eigenvalue weighted by molar-refractivity contribution is 0.639. The molecular formula is C22H20N2. The second-order valence-electron chi connectivity index (χ2n) is 6.81. The molecular weight excluding hydrogens is 292 g/mol. The van der Waals surface area contributed by atoms with Gasteiger partial charge < -0.3 is 0 Å². The van der Waals surface area contributed by atoms with E-state index in [0.29, 0.717) is 0 Å². The summed E-state index contributed by atoms with van der Waals surface area (Å²) in [4.78, 5) is 9.21. The van der Waals surface area contributed by atoms with Gasteiger partial charge in [0.2, 0.25) is 0 Å². The highest BCUT2D eigenvalue weighted by atomic mass is 14.9. The molecule has 0 saturated heterocycles. The van der Waals surface area contributed by atoms with E-state index in [1.165, 1.54) is 21.9 Å². The number of rotatable bonds is 2. The van der Waals surface area contributed by atoms with Gasteiger partial charge in [0.1, 0.15) is 6.33 Å². The standard InChI is InChI=1S/C22H20N2/c1-5-8-14(2)20-18-17-12-11-15-9-6-7-10-16(15)19(17)22(3,4)21(18)24-13-23-20/h5-13H,2H2,1,3-4H3/b8-5-. The van der Waals surface area contributed by atoms with Gasteiger partial charge in [-0.25, -0.2) is 9.97 Å². The van der Waals surface area contributed by atoms with Crippen molar-refractivity contribution in [1.29, 1.82) is 0 Å². The van der Waals surface area contributed by atoms with E-state index in [9.17, 15) is 0 Å². The molecule has 1 aliphatic rings. The number of fused-ring (bicyclic) bond motifs is 5. The van der Waals surface area contributed by atoms with Crippen molar-refractivity contribution in [1.82, 2.24) is 9.97 Å². The van der Waals surface area contributed by atoms with E-state index in [1.54, 1.807) is 6.33 Å². The van der Waals surface area contributed by atoms with Gasteiger partial charge in [-0.15, -0.1) is 0 Å². The number of hydrogen-bond donors (Lipinski definition) is 0. The first kappa shape index (κ1) is 14.8. The Balaban J connectivity index is 2.12. The number of nitrogens with zero attached hydrogens (tertiary/aromatic N) is 2. The van der Waals surface area contributed by atoms with Crippen molar-refractivity contribution in [3.63, 3.8) is 0 Å². The van der Waals surface area contributed by atoms with Crippen molar-refractivity contribution in [3.8, 4) is 11.1 Å². The van der Waals surface area contributed by atoms with Gasteiger partial charge in [0, 0.05) is 11.0 Å². The van der Waals surface area contributed by atoms with Gasteiger partial charge in [-0.05, 0) is 34.4 Å². The van der Waals surface area contributed by atoms with E-state index < -0.39 is 0 Å². The summed E-state index contributed by atoms with van der Waals surface area (Å²) in [7, 11) is 0. The third-order valence-corrected chi connectivity index (χ3v) is 4.93. The fourth-order valence-electron chi connectivity index (χ4n) is 3.91. The molecule has 24 heavy (non-hydrogen) atoms. The minimum absolute atomic E-state index is 0.153. The molecule has 2 heteroatoms. The number of benzene rings is 2. The average Bonchev–Trinajstić information content (AvgIpc) is 2.83. The van der Waals surface area contributed by atoms with Gasteiger partial charge in [0.15, 0.2) is 0 Å². The van der Waals surface area contributed by atoms with Crippen LogP contribution in [0.5, 0.6) is 0 Å². The lowest BCUT2D eigenvalue weighted by Crippen LogP contribution is -2.17. The van der Waals surface area contributed by atoms with Crippen LogP contribution in [0.4, 0.5) is 0 Å². The van der Waals surface area contributed by atoms with Gasteiger partial charge in [-0.3, -0.25) is 0 Å². The minimum atomic E-state index is -0.153. The van der Waals surface area contributed by atoms with Gasteiger partial charge in [-0.1, -0.05) is 69.0 Å². The van der Waals surface area contributed by atoms with Crippen molar-refractivity contribution < 1.29 is 0 Å². The zero-order chi connectivity index (χ0) is 16.9. The maximum absolute atomic E-state index is 4.66. The Hall–Kier alpha value is -2.74. The van der Waals surface area contributed by atoms with Crippen LogP contribution in [0, 0.1) is 0 Å². The molecule has 1 heterocycles. The third-order valence-electron chi connectivity index (χ3n) is 4.93. The molecule has 0 bridgehead atoms. The minimum Gasteiger partial charge on any atom is -0.240 e. The molecule has 0 fully saturated rings. The number of allylic oxidation sites excluding steroid dienone is 3. The largest absolute Gasteiger partial charge is 0.240 e. The maximum atomic E-state index is 4.66. The van der Waals surface area contributed by atoms with Crippen LogP contribution in [-0.2, 0) is 5.41 Å². The van der Waals surface area contributed by atoms with Crippen LogP contribution in [-0.4, -0.2) is 9.97 Å². The molecule has 1 aromatic heterocycles. The van der Waals surface area contributed by atoms with Crippen molar-refractivity contribution in [2.24, 2.45) is 0 Å². The summed E-state index contributed by atoms with van der Waals surface area (Å²) in [6.07, 6.45) is 5.67. The van der Waals surface area contributed by atoms with Gasteiger partial charge in [0.05, 0.1) is 11.4 Å². The van der Waals surface area contributed by atoms with Crippen molar-refractivity contribution in [2.45, 2.75) is 26.2 Å². The van der Waals surface area contributed by atoms with Crippen LogP contribution in [0.2, 0.25) is 0 Å². The molecule has 3 aromatic rings. The van der Waals surface area contributed by atoms with Crippen LogP contribution >= 0.6 is 0 Å². The molecule has 0 aliphatic heterocycles. The Kier molecular flexibility index (Phi) is 3.17. The van der Waals surface area contributed by atoms with Crippen molar-refractivity contribution in [3.05, 3.63) is 78.4 Å². The molecule has 1 aliphatic carbocycles. The zero-order valence-corrected chi connectivity index (χ0v) is 14.3. The Labute approximate surface area is 142 Å². The number of hydrogen-bond acceptors (Lipinski definition) is 2. The zero-order valence-electron chi connectivity index (χ0n) is 14.3. The summed E-state index contributed by atoms with van der Waals surface area (Å²) in [6.45, 7) is 10.7. The van der Waals surface area contributed by atoms with E-state index in [0.717, 1.165) is 22.5 Å². The molecule has 0 saturated carbocycles. The van der Waals surface area contributed by atoms with Crippen LogP contribution < -0.4 is 0 Å². The van der Waals surface area contributed by atoms with E-state index in [-0.39, 0.29) is 5.41 Å². The van der Waals surface area contributed by atoms with Crippen LogP contribution in [0.15, 0.2) is 61.5 Å². The monoisotopic (exact) mass is 312 g/mol. The van der Waals surface area contributed by atoms with E-state index in [1.807, 2.05) is 19.1 Å². The van der Waals surface area contributed by atoms with Crippen molar-refractivity contribution in [2.75, 3.05) is 0 Å². The second-order valence-corrected chi connectivity index (χ2v) is 6.81. The summed E-state index contributed by atoms with van der Waals surface area (Å²) in [5.41, 5.74) is 6.49. The highest BCUT2D eigenvalue weighted by molar-refractivity contribution is 5.99. The molecule has 0 radical (unpaired) electrons. The smallest absolute Gasteiger partial charge is 0.116 e. The summed E-state index contributed by atoms with van der Waals surface area (Å²) in [6, 6.07) is 13.0. The van der Waals surface area contributed by atoms with Gasteiger partial charge in [0.25, 0.3) is 0 Å². The molecule has 0 spiro atoms. The van der Waals surface area contributed by atoms with Gasteiger partial charge >= 0.3 is 0 Å². The normalized spacial score (nSPS) is 14.8. The fraction of sp³-hybridized carbons (Fsp3) is 0.182. The lowest BCUT2D eigenvalue weighted by atomic mass is 9.82. The second kappa shape index (κ2) is 5.13. The predicted molar refractivity (Wildman–Crippen MR) is 101 cm³/mol. The molecule has 2 aromatic carbocycles. The predicted octanol–water partition coefficient (Wildman–Crippen LogP) is 5.53. The molecule has 0 unspecified atom stereocenters. The van der Waals surface area contributed by atoms with E-state index in [2.05, 4.69) is 66.8 Å². The Morgan fingerprint density at radius 3 is 2.67 bits per heavy atom. The van der Waals surface area contributed by atoms with Crippen LogP contribution in [0.3, 0.4) is 0 Å². The lowest BCUT2D eigenvalue weighted by Gasteiger charge is -2.21. The molecule has 2 nitrogen and oxygen atoms in total. The summed E-state index contributed by atoms with van der Waals surface area (Å²) in [5, 5.41) is 2.56.